The smallest absolute Gasteiger partial charge is 0.328 e. The molecule has 0 aromatic rings. The fraction of sp³-hybridized carbons (Fsp3) is 0.793. The first-order valence-electron chi connectivity index (χ1n) is 14.2. The van der Waals surface area contributed by atoms with Gasteiger partial charge in [-0.05, 0) is 70.4 Å². The highest BCUT2D eigenvalue weighted by molar-refractivity contribution is 7.98. The lowest BCUT2D eigenvalue weighted by molar-refractivity contribution is -0.144. The zero-order valence-corrected chi connectivity index (χ0v) is 26.5. The van der Waals surface area contributed by atoms with Gasteiger partial charge in [-0.2, -0.15) is 11.8 Å². The number of nitrogens with one attached hydrogen (secondary N) is 2. The number of thioether (sulfide) groups is 1. The minimum absolute atomic E-state index is 0.00730. The molecule has 1 saturated heterocycles. The molecule has 1 rings (SSSR count). The Morgan fingerprint density at radius 3 is 2.21 bits per heavy atom. The Labute approximate surface area is 240 Å². The van der Waals surface area contributed by atoms with E-state index in [0.29, 0.717) is 17.7 Å². The van der Waals surface area contributed by atoms with Crippen molar-refractivity contribution in [3.8, 4) is 0 Å². The third kappa shape index (κ3) is 10.4. The second-order valence-corrected chi connectivity index (χ2v) is 12.4. The molecule has 0 radical (unpaired) electrons. The van der Waals surface area contributed by atoms with Crippen molar-refractivity contribution in [3.63, 3.8) is 0 Å². The zero-order chi connectivity index (χ0) is 29.9. The molecule has 9 nitrogen and oxygen atoms in total. The average Bonchev–Trinajstić information content (AvgIpc) is 2.90. The SMILES string of the molecule is COC(=O)[C@H](CCSC)NC(=O)C(C)=C[C@H](C(C)C)N(C)C(=O)[C@@H](NC(=O)C1CCCCN1C(C)C)C(C)C. The van der Waals surface area contributed by atoms with Gasteiger partial charge in [-0.25, -0.2) is 4.79 Å². The van der Waals surface area contributed by atoms with Gasteiger partial charge in [-0.3, -0.25) is 19.3 Å². The van der Waals surface area contributed by atoms with Crippen molar-refractivity contribution in [3.05, 3.63) is 11.6 Å². The molecule has 1 aliphatic rings. The molecule has 1 heterocycles. The molecule has 0 saturated carbocycles. The third-order valence-electron chi connectivity index (χ3n) is 7.40. The Hall–Kier alpha value is -2.07. The lowest BCUT2D eigenvalue weighted by Crippen LogP contribution is -2.58. The maximum atomic E-state index is 13.7. The van der Waals surface area contributed by atoms with Crippen LogP contribution in [0.25, 0.3) is 0 Å². The maximum absolute atomic E-state index is 13.7. The van der Waals surface area contributed by atoms with Crippen LogP contribution in [0.1, 0.15) is 74.1 Å². The van der Waals surface area contributed by atoms with E-state index in [0.717, 1.165) is 25.8 Å². The number of likely N-dealkylation sites (tertiary alicyclic amines) is 1. The van der Waals surface area contributed by atoms with Gasteiger partial charge in [0.05, 0.1) is 19.2 Å². The number of carbonyl (C=O) groups excluding carboxylic acids is 4. The van der Waals surface area contributed by atoms with Crippen LogP contribution in [0.5, 0.6) is 0 Å². The molecule has 10 heteroatoms. The van der Waals surface area contributed by atoms with E-state index in [-0.39, 0.29) is 47.7 Å². The van der Waals surface area contributed by atoms with E-state index in [1.54, 1.807) is 36.7 Å². The quantitative estimate of drug-likeness (QED) is 0.245. The summed E-state index contributed by atoms with van der Waals surface area (Å²) in [6.07, 6.45) is 7.02. The van der Waals surface area contributed by atoms with E-state index >= 15 is 0 Å². The van der Waals surface area contributed by atoms with Crippen LogP contribution in [0.2, 0.25) is 0 Å². The zero-order valence-electron chi connectivity index (χ0n) is 25.7. The summed E-state index contributed by atoms with van der Waals surface area (Å²) < 4.78 is 4.85. The third-order valence-corrected chi connectivity index (χ3v) is 8.04. The summed E-state index contributed by atoms with van der Waals surface area (Å²) in [6.45, 7) is 14.6. The molecule has 1 aliphatic heterocycles. The normalized spacial score (nSPS) is 19.0. The standard InChI is InChI=1S/C29H52N4O5S/c1-18(2)24(17-21(7)26(34)30-22(14-16-39-10)29(37)38-9)32(8)28(36)25(19(3)4)31-27(35)23-13-11-12-15-33(23)20(5)6/h17-20,22-25H,11-16H2,1-10H3,(H,30,34)(H,31,35)/t22-,23?,24+,25-/m0/s1. The lowest BCUT2D eigenvalue weighted by Gasteiger charge is -2.39. The minimum atomic E-state index is -0.735. The summed E-state index contributed by atoms with van der Waals surface area (Å²) >= 11 is 1.58. The topological polar surface area (TPSA) is 108 Å². The van der Waals surface area contributed by atoms with Crippen LogP contribution in [0.15, 0.2) is 11.6 Å². The highest BCUT2D eigenvalue weighted by atomic mass is 32.2. The number of ether oxygens (including phenoxy) is 1. The van der Waals surface area contributed by atoms with Crippen molar-refractivity contribution in [2.45, 2.75) is 104 Å². The summed E-state index contributed by atoms with van der Waals surface area (Å²) in [5.41, 5.74) is 0.409. The fourth-order valence-electron chi connectivity index (χ4n) is 4.97. The molecule has 1 unspecified atom stereocenters. The van der Waals surface area contributed by atoms with E-state index in [4.69, 9.17) is 4.74 Å². The molecule has 0 aromatic heterocycles. The molecule has 0 aliphatic carbocycles. The highest BCUT2D eigenvalue weighted by Gasteiger charge is 2.36. The predicted molar refractivity (Wildman–Crippen MR) is 158 cm³/mol. The monoisotopic (exact) mass is 568 g/mol. The Morgan fingerprint density at radius 2 is 1.69 bits per heavy atom. The van der Waals surface area contributed by atoms with Gasteiger partial charge in [0.25, 0.3) is 0 Å². The summed E-state index contributed by atoms with van der Waals surface area (Å²) in [7, 11) is 3.02. The molecule has 39 heavy (non-hydrogen) atoms. The number of methoxy groups -OCH3 is 1. The van der Waals surface area contributed by atoms with E-state index in [2.05, 4.69) is 29.4 Å². The molecule has 4 atom stereocenters. The van der Waals surface area contributed by atoms with Crippen molar-refractivity contribution in [1.29, 1.82) is 0 Å². The van der Waals surface area contributed by atoms with Gasteiger partial charge in [0.15, 0.2) is 0 Å². The predicted octanol–water partition coefficient (Wildman–Crippen LogP) is 3.23. The second kappa shape index (κ2) is 16.9. The average molecular weight is 569 g/mol. The number of rotatable bonds is 14. The van der Waals surface area contributed by atoms with Crippen LogP contribution in [0.3, 0.4) is 0 Å². The van der Waals surface area contributed by atoms with Gasteiger partial charge >= 0.3 is 5.97 Å². The molecule has 0 bridgehead atoms. The molecular weight excluding hydrogens is 516 g/mol. The van der Waals surface area contributed by atoms with Crippen LogP contribution in [-0.4, -0.2) is 96.4 Å². The molecule has 0 spiro atoms. The van der Waals surface area contributed by atoms with Crippen LogP contribution in [0.4, 0.5) is 0 Å². The Morgan fingerprint density at radius 1 is 1.05 bits per heavy atom. The Balaban J connectivity index is 3.09. The minimum Gasteiger partial charge on any atom is -0.467 e. The summed E-state index contributed by atoms with van der Waals surface area (Å²) in [6, 6.07) is -1.79. The van der Waals surface area contributed by atoms with Crippen molar-refractivity contribution in [1.82, 2.24) is 20.4 Å². The van der Waals surface area contributed by atoms with Crippen molar-refractivity contribution < 1.29 is 23.9 Å². The number of nitrogens with zero attached hydrogens (tertiary/aromatic N) is 2. The number of likely N-dealkylation sites (N-methyl/N-ethyl adjacent to an activating group) is 1. The first-order valence-corrected chi connectivity index (χ1v) is 15.5. The van der Waals surface area contributed by atoms with Crippen LogP contribution < -0.4 is 10.6 Å². The highest BCUT2D eigenvalue weighted by Crippen LogP contribution is 2.21. The fourth-order valence-corrected chi connectivity index (χ4v) is 5.44. The summed E-state index contributed by atoms with van der Waals surface area (Å²) in [4.78, 5) is 56.1. The van der Waals surface area contributed by atoms with Crippen molar-refractivity contribution >= 4 is 35.5 Å². The van der Waals surface area contributed by atoms with Gasteiger partial charge in [0.2, 0.25) is 17.7 Å². The van der Waals surface area contributed by atoms with E-state index in [1.807, 2.05) is 34.0 Å². The van der Waals surface area contributed by atoms with Gasteiger partial charge < -0.3 is 20.3 Å². The number of hydrogen-bond acceptors (Lipinski definition) is 7. The van der Waals surface area contributed by atoms with Crippen LogP contribution in [0, 0.1) is 11.8 Å². The van der Waals surface area contributed by atoms with Crippen molar-refractivity contribution in [2.24, 2.45) is 11.8 Å². The molecular formula is C29H52N4O5S. The Bertz CT molecular complexity index is 861. The second-order valence-electron chi connectivity index (χ2n) is 11.4. The van der Waals surface area contributed by atoms with E-state index in [1.165, 1.54) is 7.11 Å². The maximum Gasteiger partial charge on any atom is 0.328 e. The first kappa shape index (κ1) is 35.0. The molecule has 3 amide bonds. The van der Waals surface area contributed by atoms with Gasteiger partial charge in [-0.15, -0.1) is 0 Å². The van der Waals surface area contributed by atoms with E-state index in [9.17, 15) is 19.2 Å². The first-order chi connectivity index (χ1) is 18.3. The van der Waals surface area contributed by atoms with E-state index < -0.39 is 18.1 Å². The number of esters is 1. The number of piperidine rings is 1. The van der Waals surface area contributed by atoms with Crippen LogP contribution in [-0.2, 0) is 23.9 Å². The molecule has 1 fully saturated rings. The van der Waals surface area contributed by atoms with Gasteiger partial charge in [0, 0.05) is 18.7 Å². The molecule has 224 valence electrons. The molecule has 2 N–H and O–H groups in total. The number of carbonyl (C=O) groups is 4. The lowest BCUT2D eigenvalue weighted by atomic mass is 9.95. The van der Waals surface area contributed by atoms with Gasteiger partial charge in [0.1, 0.15) is 12.1 Å². The summed E-state index contributed by atoms with van der Waals surface area (Å²) in [5, 5.41) is 5.83. The Kier molecular flexibility index (Phi) is 15.1. The largest absolute Gasteiger partial charge is 0.467 e. The summed E-state index contributed by atoms with van der Waals surface area (Å²) in [5.74, 6) is -0.560. The van der Waals surface area contributed by atoms with Crippen LogP contribution >= 0.6 is 11.8 Å². The van der Waals surface area contributed by atoms with Crippen molar-refractivity contribution in [2.75, 3.05) is 32.7 Å². The van der Waals surface area contributed by atoms with Gasteiger partial charge in [-0.1, -0.05) is 40.2 Å². The molecule has 0 aromatic carbocycles. The number of amides is 3. The number of hydrogen-bond donors (Lipinski definition) is 2.